The molecule has 1 aliphatic heterocycles. The molecule has 0 radical (unpaired) electrons. The Kier molecular flexibility index (Phi) is 6.05. The fourth-order valence-corrected chi connectivity index (χ4v) is 5.26. The van der Waals surface area contributed by atoms with E-state index in [0.717, 1.165) is 22.9 Å². The van der Waals surface area contributed by atoms with E-state index in [-0.39, 0.29) is 0 Å². The van der Waals surface area contributed by atoms with Gasteiger partial charge < -0.3 is 0 Å². The lowest BCUT2D eigenvalue weighted by Gasteiger charge is -2.62. The molecule has 0 spiro atoms. The summed E-state index contributed by atoms with van der Waals surface area (Å²) in [6.07, 6.45) is 0. The smallest absolute Gasteiger partial charge is 0.171 e. The van der Waals surface area contributed by atoms with Crippen LogP contribution in [0.5, 0.6) is 0 Å². The summed E-state index contributed by atoms with van der Waals surface area (Å²) >= 11 is 0. The van der Waals surface area contributed by atoms with Crippen molar-refractivity contribution < 1.29 is 0 Å². The SMILES string of the molecule is Cc1ccc(N=C2N(c3ccc(C)cc3)N(c3ccc(C)cc3)C2(c2ccccc2)c2ccccc2)cc1. The monoisotopic (exact) mass is 493 g/mol. The molecule has 5 aromatic carbocycles. The zero-order valence-electron chi connectivity index (χ0n) is 22.0. The van der Waals surface area contributed by atoms with Crippen molar-refractivity contribution in [2.75, 3.05) is 10.0 Å². The van der Waals surface area contributed by atoms with Gasteiger partial charge in [-0.05, 0) is 68.3 Å². The van der Waals surface area contributed by atoms with Crippen molar-refractivity contribution >= 4 is 22.9 Å². The summed E-state index contributed by atoms with van der Waals surface area (Å²) in [5.41, 5.74) is 8.49. The highest BCUT2D eigenvalue weighted by molar-refractivity contribution is 6.19. The van der Waals surface area contributed by atoms with Crippen molar-refractivity contribution in [2.24, 2.45) is 4.99 Å². The second-order valence-corrected chi connectivity index (χ2v) is 10.0. The maximum atomic E-state index is 5.39. The van der Waals surface area contributed by atoms with Crippen LogP contribution in [0.25, 0.3) is 0 Å². The topological polar surface area (TPSA) is 18.8 Å². The van der Waals surface area contributed by atoms with E-state index in [4.69, 9.17) is 4.99 Å². The van der Waals surface area contributed by atoms with Crippen LogP contribution < -0.4 is 10.0 Å². The molecule has 0 aliphatic carbocycles. The minimum Gasteiger partial charge on any atom is -0.257 e. The Hall–Kier alpha value is -4.63. The van der Waals surface area contributed by atoms with Crippen LogP contribution in [0, 0.1) is 20.8 Å². The van der Waals surface area contributed by atoms with Gasteiger partial charge in [0.15, 0.2) is 11.4 Å². The second-order valence-electron chi connectivity index (χ2n) is 10.0. The van der Waals surface area contributed by atoms with Gasteiger partial charge in [-0.15, -0.1) is 0 Å². The van der Waals surface area contributed by atoms with Gasteiger partial charge in [-0.25, -0.2) is 10.0 Å². The molecule has 0 unspecified atom stereocenters. The normalized spacial score (nSPS) is 15.4. The zero-order chi connectivity index (χ0) is 26.1. The van der Waals surface area contributed by atoms with Crippen molar-refractivity contribution in [1.29, 1.82) is 0 Å². The minimum atomic E-state index is -0.631. The first-order chi connectivity index (χ1) is 18.6. The van der Waals surface area contributed by atoms with Gasteiger partial charge in [0, 0.05) is 0 Å². The molecule has 38 heavy (non-hydrogen) atoms. The van der Waals surface area contributed by atoms with Crippen LogP contribution >= 0.6 is 0 Å². The Labute approximate surface area is 225 Å². The van der Waals surface area contributed by atoms with Gasteiger partial charge in [0.1, 0.15) is 0 Å². The number of hydrazine groups is 1. The summed E-state index contributed by atoms with van der Waals surface area (Å²) in [6, 6.07) is 47.4. The number of amidine groups is 1. The van der Waals surface area contributed by atoms with Crippen molar-refractivity contribution in [3.8, 4) is 0 Å². The molecular formula is C35H31N3. The van der Waals surface area contributed by atoms with E-state index < -0.39 is 5.54 Å². The standard InChI is InChI=1S/C35H31N3/c1-26-14-20-31(21-15-26)36-34-35(29-10-6-4-7-11-29,30-12-8-5-9-13-30)38(33-24-18-28(3)19-25-33)37(34)32-22-16-27(2)17-23-32/h4-25H,1-3H3. The quantitative estimate of drug-likeness (QED) is 0.244. The molecule has 0 aromatic heterocycles. The first kappa shape index (κ1) is 23.7. The Morgan fingerprint density at radius 2 is 0.895 bits per heavy atom. The summed E-state index contributed by atoms with van der Waals surface area (Å²) in [6.45, 7) is 6.36. The molecule has 1 saturated heterocycles. The average Bonchev–Trinajstić information content (AvgIpc) is 2.95. The summed E-state index contributed by atoms with van der Waals surface area (Å²) in [5.74, 6) is 0.961. The van der Waals surface area contributed by atoms with Crippen molar-refractivity contribution in [1.82, 2.24) is 0 Å². The molecule has 0 N–H and O–H groups in total. The van der Waals surface area contributed by atoms with E-state index in [9.17, 15) is 0 Å². The Morgan fingerprint density at radius 3 is 1.37 bits per heavy atom. The lowest BCUT2D eigenvalue weighted by atomic mass is 9.76. The number of anilines is 2. The lowest BCUT2D eigenvalue weighted by Crippen LogP contribution is -2.77. The Balaban J connectivity index is 1.69. The molecule has 1 aliphatic rings. The van der Waals surface area contributed by atoms with Gasteiger partial charge in [-0.2, -0.15) is 0 Å². The molecule has 0 bridgehead atoms. The number of rotatable bonds is 5. The predicted molar refractivity (Wildman–Crippen MR) is 159 cm³/mol. The zero-order valence-corrected chi connectivity index (χ0v) is 22.0. The van der Waals surface area contributed by atoms with Crippen LogP contribution in [0.15, 0.2) is 138 Å². The maximum absolute atomic E-state index is 5.39. The number of aliphatic imine (C=N–C) groups is 1. The van der Waals surface area contributed by atoms with Crippen LogP contribution in [0.4, 0.5) is 17.1 Å². The van der Waals surface area contributed by atoms with E-state index in [1.165, 1.54) is 27.8 Å². The third kappa shape index (κ3) is 3.97. The van der Waals surface area contributed by atoms with E-state index in [2.05, 4.69) is 164 Å². The van der Waals surface area contributed by atoms with Crippen molar-refractivity contribution in [3.63, 3.8) is 0 Å². The largest absolute Gasteiger partial charge is 0.257 e. The maximum Gasteiger partial charge on any atom is 0.171 e. The fraction of sp³-hybridized carbons (Fsp3) is 0.114. The van der Waals surface area contributed by atoms with Gasteiger partial charge in [0.25, 0.3) is 0 Å². The van der Waals surface area contributed by atoms with Gasteiger partial charge in [-0.1, -0.05) is 114 Å². The van der Waals surface area contributed by atoms with Crippen LogP contribution in [0.1, 0.15) is 27.8 Å². The lowest BCUT2D eigenvalue weighted by molar-refractivity contribution is 0.535. The first-order valence-corrected chi connectivity index (χ1v) is 13.1. The summed E-state index contributed by atoms with van der Waals surface area (Å²) in [7, 11) is 0. The Bertz CT molecular complexity index is 1510. The van der Waals surface area contributed by atoms with Gasteiger partial charge in [0.2, 0.25) is 0 Å². The van der Waals surface area contributed by atoms with E-state index in [1.54, 1.807) is 0 Å². The van der Waals surface area contributed by atoms with Gasteiger partial charge in [0.05, 0.1) is 17.1 Å². The van der Waals surface area contributed by atoms with Crippen molar-refractivity contribution in [2.45, 2.75) is 26.3 Å². The van der Waals surface area contributed by atoms with Gasteiger partial charge in [-0.3, -0.25) is 5.01 Å². The van der Waals surface area contributed by atoms with Crippen LogP contribution in [0.3, 0.4) is 0 Å². The summed E-state index contributed by atoms with van der Waals surface area (Å²) < 4.78 is 0. The molecule has 0 amide bonds. The van der Waals surface area contributed by atoms with E-state index >= 15 is 0 Å². The molecule has 3 heteroatoms. The number of aryl methyl sites for hydroxylation is 3. The third-order valence-corrected chi connectivity index (χ3v) is 7.25. The van der Waals surface area contributed by atoms with Gasteiger partial charge >= 0.3 is 0 Å². The van der Waals surface area contributed by atoms with Crippen LogP contribution in [-0.2, 0) is 5.54 Å². The molecule has 1 fully saturated rings. The summed E-state index contributed by atoms with van der Waals surface area (Å²) in [4.78, 5) is 5.39. The fourth-order valence-electron chi connectivity index (χ4n) is 5.26. The number of benzene rings is 5. The second kappa shape index (κ2) is 9.68. The minimum absolute atomic E-state index is 0.631. The van der Waals surface area contributed by atoms with Crippen LogP contribution in [-0.4, -0.2) is 5.84 Å². The molecule has 1 heterocycles. The molecule has 0 atom stereocenters. The molecule has 6 rings (SSSR count). The highest BCUT2D eigenvalue weighted by atomic mass is 15.8. The number of hydrogen-bond acceptors (Lipinski definition) is 2. The van der Waals surface area contributed by atoms with Crippen LogP contribution in [0.2, 0.25) is 0 Å². The van der Waals surface area contributed by atoms with E-state index in [0.29, 0.717) is 0 Å². The number of hydrogen-bond donors (Lipinski definition) is 0. The number of nitrogens with zero attached hydrogens (tertiary/aromatic N) is 3. The predicted octanol–water partition coefficient (Wildman–Crippen LogP) is 8.53. The average molecular weight is 494 g/mol. The van der Waals surface area contributed by atoms with E-state index in [1.807, 2.05) is 0 Å². The highest BCUT2D eigenvalue weighted by Gasteiger charge is 2.60. The molecule has 3 nitrogen and oxygen atoms in total. The molecule has 0 saturated carbocycles. The molecule has 186 valence electrons. The first-order valence-electron chi connectivity index (χ1n) is 13.1. The highest BCUT2D eigenvalue weighted by Crippen LogP contribution is 2.52. The molecular weight excluding hydrogens is 462 g/mol. The Morgan fingerprint density at radius 1 is 0.474 bits per heavy atom. The van der Waals surface area contributed by atoms with Crippen molar-refractivity contribution in [3.05, 3.63) is 161 Å². The summed E-state index contributed by atoms with van der Waals surface area (Å²) in [5, 5.41) is 4.67. The molecule has 5 aromatic rings. The third-order valence-electron chi connectivity index (χ3n) is 7.25.